The van der Waals surface area contributed by atoms with Crippen LogP contribution in [0.25, 0.3) is 11.1 Å². The van der Waals surface area contributed by atoms with Crippen molar-refractivity contribution in [2.24, 2.45) is 0 Å². The van der Waals surface area contributed by atoms with Gasteiger partial charge in [0.2, 0.25) is 0 Å². The maximum atomic E-state index is 6.19. The van der Waals surface area contributed by atoms with Crippen LogP contribution in [0, 0.1) is 7.14 Å². The molecule has 0 aromatic heterocycles. The number of ether oxygens (including phenoxy) is 2. The zero-order valence-corrected chi connectivity index (χ0v) is 16.2. The van der Waals surface area contributed by atoms with Crippen molar-refractivity contribution in [3.05, 3.63) is 43.5 Å². The largest absolute Gasteiger partial charge is 0.490 e. The van der Waals surface area contributed by atoms with E-state index in [4.69, 9.17) is 9.47 Å². The molecule has 0 unspecified atom stereocenters. The highest BCUT2D eigenvalue weighted by Gasteiger charge is 2.23. The highest BCUT2D eigenvalue weighted by atomic mass is 127. The minimum absolute atomic E-state index is 0.129. The Morgan fingerprint density at radius 1 is 0.810 bits per heavy atom. The normalized spacial score (nSPS) is 21.0. The molecule has 110 valence electrons. The third kappa shape index (κ3) is 3.16. The first-order chi connectivity index (χ1) is 10.1. The maximum absolute atomic E-state index is 6.19. The van der Waals surface area contributed by atoms with E-state index in [9.17, 15) is 0 Å². The van der Waals surface area contributed by atoms with E-state index in [-0.39, 0.29) is 12.2 Å². The molecule has 2 nitrogen and oxygen atoms in total. The molecule has 0 N–H and O–H groups in total. The summed E-state index contributed by atoms with van der Waals surface area (Å²) in [4.78, 5) is 0. The summed E-state index contributed by atoms with van der Waals surface area (Å²) in [6.07, 6.45) is 1.13. The van der Waals surface area contributed by atoms with Gasteiger partial charge in [-0.15, -0.1) is 0 Å². The first-order valence-corrected chi connectivity index (χ1v) is 9.12. The highest BCUT2D eigenvalue weighted by Crippen LogP contribution is 2.43. The molecule has 0 saturated heterocycles. The van der Waals surface area contributed by atoms with Gasteiger partial charge in [0.1, 0.15) is 11.5 Å². The zero-order valence-electron chi connectivity index (χ0n) is 11.9. The fourth-order valence-electron chi connectivity index (χ4n) is 2.69. The maximum Gasteiger partial charge on any atom is 0.128 e. The molecule has 0 bridgehead atoms. The lowest BCUT2D eigenvalue weighted by atomic mass is 10.0. The Morgan fingerprint density at radius 3 is 1.67 bits per heavy atom. The molecular formula is C17H16I2O2. The van der Waals surface area contributed by atoms with Crippen molar-refractivity contribution < 1.29 is 9.47 Å². The first kappa shape index (κ1) is 15.4. The van der Waals surface area contributed by atoms with Crippen LogP contribution in [0.15, 0.2) is 36.4 Å². The smallest absolute Gasteiger partial charge is 0.128 e. The van der Waals surface area contributed by atoms with Crippen LogP contribution in [-0.4, -0.2) is 12.2 Å². The van der Waals surface area contributed by atoms with E-state index in [0.717, 1.165) is 29.0 Å². The second-order valence-corrected chi connectivity index (χ2v) is 7.64. The summed E-state index contributed by atoms with van der Waals surface area (Å²) >= 11 is 4.75. The second-order valence-electron chi connectivity index (χ2n) is 5.32. The molecule has 1 heterocycles. The van der Waals surface area contributed by atoms with Crippen LogP contribution in [0.1, 0.15) is 20.3 Å². The molecule has 1 aliphatic heterocycles. The monoisotopic (exact) mass is 506 g/mol. The molecule has 3 rings (SSSR count). The molecule has 0 amide bonds. The Kier molecular flexibility index (Phi) is 4.63. The topological polar surface area (TPSA) is 18.5 Å². The van der Waals surface area contributed by atoms with Crippen molar-refractivity contribution in [3.8, 4) is 22.6 Å². The fraction of sp³-hybridized carbons (Fsp3) is 0.294. The molecule has 21 heavy (non-hydrogen) atoms. The van der Waals surface area contributed by atoms with Gasteiger partial charge in [0, 0.05) is 24.7 Å². The average Bonchev–Trinajstić information content (AvgIpc) is 2.45. The number of hydrogen-bond acceptors (Lipinski definition) is 2. The Bertz CT molecular complexity index is 612. The first-order valence-electron chi connectivity index (χ1n) is 6.97. The summed E-state index contributed by atoms with van der Waals surface area (Å²) in [5.74, 6) is 1.88. The van der Waals surface area contributed by atoms with Crippen LogP contribution < -0.4 is 9.47 Å². The molecule has 2 aromatic carbocycles. The standard InChI is InChI=1S/C17H16I2O2/c1-10-9-11(2)21-15-8-4-6-13(19)17(15)16-12(18)5-3-7-14(16)20-10/h3-8,10-11H,9H2,1-2H3/t10-,11-/m1/s1. The molecule has 1 aliphatic rings. The minimum Gasteiger partial charge on any atom is -0.490 e. The van der Waals surface area contributed by atoms with E-state index in [0.29, 0.717) is 0 Å². The van der Waals surface area contributed by atoms with Crippen molar-refractivity contribution in [1.82, 2.24) is 0 Å². The summed E-state index contributed by atoms with van der Waals surface area (Å²) in [6.45, 7) is 4.20. The van der Waals surface area contributed by atoms with Crippen LogP contribution in [0.2, 0.25) is 0 Å². The summed E-state index contributed by atoms with van der Waals surface area (Å²) in [5.41, 5.74) is 2.28. The van der Waals surface area contributed by atoms with Crippen LogP contribution in [0.3, 0.4) is 0 Å². The van der Waals surface area contributed by atoms with E-state index in [2.05, 4.69) is 83.3 Å². The van der Waals surface area contributed by atoms with Gasteiger partial charge in [-0.1, -0.05) is 12.1 Å². The molecule has 4 heteroatoms. The summed E-state index contributed by atoms with van der Waals surface area (Å²) in [6, 6.07) is 12.4. The summed E-state index contributed by atoms with van der Waals surface area (Å²) in [5, 5.41) is 0. The van der Waals surface area contributed by atoms with E-state index in [1.54, 1.807) is 0 Å². The van der Waals surface area contributed by atoms with Gasteiger partial charge in [-0.3, -0.25) is 0 Å². The summed E-state index contributed by atoms with van der Waals surface area (Å²) < 4.78 is 14.7. The molecule has 0 saturated carbocycles. The van der Waals surface area contributed by atoms with Gasteiger partial charge >= 0.3 is 0 Å². The van der Waals surface area contributed by atoms with E-state index < -0.39 is 0 Å². The van der Waals surface area contributed by atoms with E-state index >= 15 is 0 Å². The second kappa shape index (κ2) is 6.32. The van der Waals surface area contributed by atoms with Crippen molar-refractivity contribution in [1.29, 1.82) is 0 Å². The SMILES string of the molecule is C[C@@H]1C[C@@H](C)Oc2cccc(I)c2-c2c(I)cccc2O1. The van der Waals surface area contributed by atoms with Gasteiger partial charge in [0.25, 0.3) is 0 Å². The van der Waals surface area contributed by atoms with Crippen LogP contribution in [0.5, 0.6) is 11.5 Å². The molecule has 0 radical (unpaired) electrons. The van der Waals surface area contributed by atoms with Crippen LogP contribution in [0.4, 0.5) is 0 Å². The van der Waals surface area contributed by atoms with Gasteiger partial charge in [-0.2, -0.15) is 0 Å². The zero-order chi connectivity index (χ0) is 15.0. The number of benzene rings is 2. The minimum atomic E-state index is 0.129. The number of fused-ring (bicyclic) bond motifs is 3. The van der Waals surface area contributed by atoms with Gasteiger partial charge in [-0.05, 0) is 83.3 Å². The Labute approximate surface area is 152 Å². The highest BCUT2D eigenvalue weighted by molar-refractivity contribution is 14.1. The average molecular weight is 506 g/mol. The predicted molar refractivity (Wildman–Crippen MR) is 102 cm³/mol. The molecule has 0 spiro atoms. The van der Waals surface area contributed by atoms with Gasteiger partial charge < -0.3 is 9.47 Å². The number of halogens is 2. The van der Waals surface area contributed by atoms with Crippen molar-refractivity contribution in [2.75, 3.05) is 0 Å². The van der Waals surface area contributed by atoms with Crippen molar-refractivity contribution in [3.63, 3.8) is 0 Å². The van der Waals surface area contributed by atoms with Crippen molar-refractivity contribution >= 4 is 45.2 Å². The van der Waals surface area contributed by atoms with Gasteiger partial charge in [0.15, 0.2) is 0 Å². The van der Waals surface area contributed by atoms with Crippen molar-refractivity contribution in [2.45, 2.75) is 32.5 Å². The lowest BCUT2D eigenvalue weighted by molar-refractivity contribution is 0.134. The fourth-order valence-corrected chi connectivity index (χ4v) is 4.17. The lowest BCUT2D eigenvalue weighted by Crippen LogP contribution is -2.22. The lowest BCUT2D eigenvalue weighted by Gasteiger charge is -2.18. The number of rotatable bonds is 0. The van der Waals surface area contributed by atoms with E-state index in [1.807, 2.05) is 12.1 Å². The summed E-state index contributed by atoms with van der Waals surface area (Å²) in [7, 11) is 0. The third-order valence-corrected chi connectivity index (χ3v) is 5.32. The van der Waals surface area contributed by atoms with E-state index in [1.165, 1.54) is 7.14 Å². The molecule has 2 aromatic rings. The molecule has 2 atom stereocenters. The Balaban J connectivity index is 2.29. The number of hydrogen-bond donors (Lipinski definition) is 0. The van der Waals surface area contributed by atoms with Gasteiger partial charge in [-0.25, -0.2) is 0 Å². The Hall–Kier alpha value is -0.500. The van der Waals surface area contributed by atoms with Crippen LogP contribution >= 0.6 is 45.2 Å². The molecule has 0 fully saturated rings. The Morgan fingerprint density at radius 2 is 1.24 bits per heavy atom. The molecule has 0 aliphatic carbocycles. The van der Waals surface area contributed by atoms with Crippen LogP contribution in [-0.2, 0) is 0 Å². The predicted octanol–water partition coefficient (Wildman–Crippen LogP) is 5.50. The third-order valence-electron chi connectivity index (χ3n) is 3.52. The quantitative estimate of drug-likeness (QED) is 0.440. The van der Waals surface area contributed by atoms with Gasteiger partial charge in [0.05, 0.1) is 12.2 Å². The molecular weight excluding hydrogens is 490 g/mol.